The Hall–Kier alpha value is -2.20. The molecule has 1 aliphatic rings. The number of ether oxygens (including phenoxy) is 3. The molecule has 0 unspecified atom stereocenters. The first-order valence-electron chi connectivity index (χ1n) is 6.13. The molecule has 0 fully saturated rings. The normalized spacial score (nSPS) is 12.5. The molecule has 2 N–H and O–H groups in total. The number of fused-ring (bicyclic) bond motifs is 1. The Morgan fingerprint density at radius 1 is 1.11 bits per heavy atom. The molecular weight excluding hydrogens is 242 g/mol. The topological polar surface area (TPSA) is 53.7 Å². The van der Waals surface area contributed by atoms with Crippen LogP contribution in [0.4, 0.5) is 0 Å². The summed E-state index contributed by atoms with van der Waals surface area (Å²) in [6, 6.07) is 11.5. The number of rotatable bonds is 3. The van der Waals surface area contributed by atoms with E-state index in [0.717, 1.165) is 22.6 Å². The van der Waals surface area contributed by atoms with Gasteiger partial charge in [0.1, 0.15) is 11.5 Å². The lowest BCUT2D eigenvalue weighted by Gasteiger charge is -2.11. The molecule has 2 aromatic rings. The molecule has 1 heterocycles. The molecule has 98 valence electrons. The Morgan fingerprint density at radius 3 is 2.79 bits per heavy atom. The summed E-state index contributed by atoms with van der Waals surface area (Å²) >= 11 is 0. The van der Waals surface area contributed by atoms with Gasteiger partial charge in [0, 0.05) is 18.2 Å². The molecule has 0 aliphatic carbocycles. The van der Waals surface area contributed by atoms with Gasteiger partial charge in [-0.05, 0) is 30.7 Å². The van der Waals surface area contributed by atoms with Crippen molar-refractivity contribution < 1.29 is 14.2 Å². The summed E-state index contributed by atoms with van der Waals surface area (Å²) in [7, 11) is 0. The highest BCUT2D eigenvalue weighted by Gasteiger charge is 2.14. The van der Waals surface area contributed by atoms with Crippen LogP contribution >= 0.6 is 0 Å². The second-order valence-corrected chi connectivity index (χ2v) is 4.43. The van der Waals surface area contributed by atoms with Gasteiger partial charge in [0.2, 0.25) is 6.79 Å². The van der Waals surface area contributed by atoms with Gasteiger partial charge in [-0.1, -0.05) is 12.1 Å². The molecule has 0 aromatic heterocycles. The highest BCUT2D eigenvalue weighted by molar-refractivity contribution is 5.49. The van der Waals surface area contributed by atoms with Crippen LogP contribution in [0, 0.1) is 6.92 Å². The van der Waals surface area contributed by atoms with Gasteiger partial charge in [-0.2, -0.15) is 0 Å². The molecule has 3 rings (SSSR count). The van der Waals surface area contributed by atoms with Crippen molar-refractivity contribution in [3.63, 3.8) is 0 Å². The number of hydrogen-bond donors (Lipinski definition) is 1. The van der Waals surface area contributed by atoms with E-state index in [1.54, 1.807) is 0 Å². The van der Waals surface area contributed by atoms with Crippen molar-refractivity contribution in [3.8, 4) is 23.0 Å². The van der Waals surface area contributed by atoms with Crippen LogP contribution in [0.2, 0.25) is 0 Å². The van der Waals surface area contributed by atoms with Gasteiger partial charge < -0.3 is 19.9 Å². The number of aryl methyl sites for hydroxylation is 1. The number of nitrogens with two attached hydrogens (primary N) is 1. The average Bonchev–Trinajstić information content (AvgIpc) is 2.86. The van der Waals surface area contributed by atoms with Gasteiger partial charge in [-0.25, -0.2) is 0 Å². The second-order valence-electron chi connectivity index (χ2n) is 4.43. The van der Waals surface area contributed by atoms with Crippen molar-refractivity contribution >= 4 is 0 Å². The maximum atomic E-state index is 5.89. The molecule has 0 saturated carbocycles. The minimum atomic E-state index is 0.261. The molecule has 0 spiro atoms. The molecule has 0 saturated heterocycles. The Bertz CT molecular complexity index is 610. The summed E-state index contributed by atoms with van der Waals surface area (Å²) in [5.74, 6) is 2.95. The van der Waals surface area contributed by atoms with Gasteiger partial charge >= 0.3 is 0 Å². The minimum Gasteiger partial charge on any atom is -0.457 e. The van der Waals surface area contributed by atoms with Crippen LogP contribution in [0.1, 0.15) is 11.1 Å². The van der Waals surface area contributed by atoms with E-state index >= 15 is 0 Å². The standard InChI is InChI=1S/C15H15NO3/c1-10-2-3-11(8-16)14(6-10)19-12-4-5-13-15(7-12)18-9-17-13/h2-7H,8-9,16H2,1H3. The molecule has 4 heteroatoms. The maximum Gasteiger partial charge on any atom is 0.231 e. The molecule has 4 nitrogen and oxygen atoms in total. The molecule has 19 heavy (non-hydrogen) atoms. The van der Waals surface area contributed by atoms with E-state index in [9.17, 15) is 0 Å². The third-order valence-corrected chi connectivity index (χ3v) is 3.01. The van der Waals surface area contributed by atoms with Gasteiger partial charge in [0.15, 0.2) is 11.5 Å². The zero-order valence-electron chi connectivity index (χ0n) is 10.7. The number of benzene rings is 2. The second kappa shape index (κ2) is 4.82. The lowest BCUT2D eigenvalue weighted by atomic mass is 10.1. The van der Waals surface area contributed by atoms with Crippen LogP contribution in [-0.4, -0.2) is 6.79 Å². The molecule has 1 aliphatic heterocycles. The molecule has 0 radical (unpaired) electrons. The lowest BCUT2D eigenvalue weighted by molar-refractivity contribution is 0.174. The fraction of sp³-hybridized carbons (Fsp3) is 0.200. The Morgan fingerprint density at radius 2 is 1.95 bits per heavy atom. The summed E-state index contributed by atoms with van der Waals surface area (Å²) in [5.41, 5.74) is 7.83. The van der Waals surface area contributed by atoms with Crippen molar-refractivity contribution in [3.05, 3.63) is 47.5 Å². The van der Waals surface area contributed by atoms with E-state index < -0.39 is 0 Å². The van der Waals surface area contributed by atoms with Crippen LogP contribution in [0.5, 0.6) is 23.0 Å². The molecule has 0 atom stereocenters. The Kier molecular flexibility index (Phi) is 3.01. The SMILES string of the molecule is Cc1ccc(CN)c(Oc2ccc3c(c2)OCO3)c1. The molecular formula is C15H15NO3. The predicted molar refractivity (Wildman–Crippen MR) is 71.7 cm³/mol. The third kappa shape index (κ3) is 2.35. The monoisotopic (exact) mass is 257 g/mol. The third-order valence-electron chi connectivity index (χ3n) is 3.01. The average molecular weight is 257 g/mol. The van der Waals surface area contributed by atoms with E-state index in [0.29, 0.717) is 18.0 Å². The van der Waals surface area contributed by atoms with Crippen LogP contribution in [0.3, 0.4) is 0 Å². The van der Waals surface area contributed by atoms with Crippen molar-refractivity contribution in [1.29, 1.82) is 0 Å². The van der Waals surface area contributed by atoms with E-state index in [-0.39, 0.29) is 6.79 Å². The van der Waals surface area contributed by atoms with Gasteiger partial charge in [-0.3, -0.25) is 0 Å². The zero-order chi connectivity index (χ0) is 13.2. The first-order valence-corrected chi connectivity index (χ1v) is 6.13. The smallest absolute Gasteiger partial charge is 0.231 e. The predicted octanol–water partition coefficient (Wildman–Crippen LogP) is 2.97. The van der Waals surface area contributed by atoms with Crippen LogP contribution in [-0.2, 0) is 6.54 Å². The number of hydrogen-bond acceptors (Lipinski definition) is 4. The first-order chi connectivity index (χ1) is 9.26. The van der Waals surface area contributed by atoms with Gasteiger partial charge in [-0.15, -0.1) is 0 Å². The van der Waals surface area contributed by atoms with Crippen molar-refractivity contribution in [2.45, 2.75) is 13.5 Å². The van der Waals surface area contributed by atoms with Crippen molar-refractivity contribution in [2.75, 3.05) is 6.79 Å². The molecule has 2 aromatic carbocycles. The largest absolute Gasteiger partial charge is 0.457 e. The molecule has 0 amide bonds. The quantitative estimate of drug-likeness (QED) is 0.918. The fourth-order valence-corrected chi connectivity index (χ4v) is 1.99. The zero-order valence-corrected chi connectivity index (χ0v) is 10.7. The van der Waals surface area contributed by atoms with E-state index in [1.807, 2.05) is 43.3 Å². The van der Waals surface area contributed by atoms with E-state index in [4.69, 9.17) is 19.9 Å². The fourth-order valence-electron chi connectivity index (χ4n) is 1.99. The van der Waals surface area contributed by atoms with E-state index in [1.165, 1.54) is 0 Å². The highest BCUT2D eigenvalue weighted by Crippen LogP contribution is 2.37. The summed E-state index contributed by atoms with van der Waals surface area (Å²) < 4.78 is 16.5. The highest BCUT2D eigenvalue weighted by atomic mass is 16.7. The van der Waals surface area contributed by atoms with Gasteiger partial charge in [0.25, 0.3) is 0 Å². The maximum absolute atomic E-state index is 5.89. The van der Waals surface area contributed by atoms with E-state index in [2.05, 4.69) is 0 Å². The lowest BCUT2D eigenvalue weighted by Crippen LogP contribution is -1.99. The van der Waals surface area contributed by atoms with Crippen LogP contribution < -0.4 is 19.9 Å². The van der Waals surface area contributed by atoms with Gasteiger partial charge in [0.05, 0.1) is 0 Å². The van der Waals surface area contributed by atoms with Crippen molar-refractivity contribution in [2.24, 2.45) is 5.73 Å². The molecule has 0 bridgehead atoms. The Labute approximate surface area is 111 Å². The van der Waals surface area contributed by atoms with Crippen molar-refractivity contribution in [1.82, 2.24) is 0 Å². The summed E-state index contributed by atoms with van der Waals surface area (Å²) in [6.07, 6.45) is 0. The Balaban J connectivity index is 1.90. The summed E-state index contributed by atoms with van der Waals surface area (Å²) in [6.45, 7) is 2.73. The summed E-state index contributed by atoms with van der Waals surface area (Å²) in [4.78, 5) is 0. The van der Waals surface area contributed by atoms with Crippen LogP contribution in [0.15, 0.2) is 36.4 Å². The van der Waals surface area contributed by atoms with Crippen LogP contribution in [0.25, 0.3) is 0 Å². The first kappa shape index (κ1) is 11.9. The summed E-state index contributed by atoms with van der Waals surface area (Å²) in [5, 5.41) is 0. The minimum absolute atomic E-state index is 0.261.